The number of carbonyl (C=O) groups is 2. The summed E-state index contributed by atoms with van der Waals surface area (Å²) in [7, 11) is 0. The smallest absolute Gasteiger partial charge is 0.261 e. The molecule has 6 heteroatoms. The Morgan fingerprint density at radius 1 is 1.11 bits per heavy atom. The highest BCUT2D eigenvalue weighted by Crippen LogP contribution is 2.23. The number of rotatable bonds is 9. The molecule has 0 heterocycles. The van der Waals surface area contributed by atoms with Gasteiger partial charge in [0.1, 0.15) is 11.8 Å². The van der Waals surface area contributed by atoms with Gasteiger partial charge in [0, 0.05) is 13.1 Å². The van der Waals surface area contributed by atoms with E-state index in [1.54, 1.807) is 31.2 Å². The van der Waals surface area contributed by atoms with Gasteiger partial charge in [-0.05, 0) is 31.0 Å². The lowest BCUT2D eigenvalue weighted by Gasteiger charge is -2.28. The third kappa shape index (κ3) is 6.29. The zero-order valence-corrected chi connectivity index (χ0v) is 16.4. The van der Waals surface area contributed by atoms with E-state index in [2.05, 4.69) is 5.32 Å². The van der Waals surface area contributed by atoms with E-state index in [1.165, 1.54) is 4.90 Å². The van der Waals surface area contributed by atoms with Crippen molar-refractivity contribution in [2.24, 2.45) is 0 Å². The van der Waals surface area contributed by atoms with Crippen LogP contribution in [-0.4, -0.2) is 35.9 Å². The molecule has 0 saturated heterocycles. The molecule has 0 unspecified atom stereocenters. The quantitative estimate of drug-likeness (QED) is 0.713. The van der Waals surface area contributed by atoms with Crippen LogP contribution < -0.4 is 10.1 Å². The van der Waals surface area contributed by atoms with E-state index >= 15 is 0 Å². The van der Waals surface area contributed by atoms with E-state index in [4.69, 9.17) is 16.3 Å². The van der Waals surface area contributed by atoms with E-state index < -0.39 is 6.04 Å². The van der Waals surface area contributed by atoms with Gasteiger partial charge >= 0.3 is 0 Å². The summed E-state index contributed by atoms with van der Waals surface area (Å²) in [5, 5.41) is 3.28. The molecule has 0 aromatic heterocycles. The Balaban J connectivity index is 2.11. The van der Waals surface area contributed by atoms with Gasteiger partial charge in [-0.1, -0.05) is 61.0 Å². The van der Waals surface area contributed by atoms with Crippen molar-refractivity contribution in [2.45, 2.75) is 32.9 Å². The third-order valence-corrected chi connectivity index (χ3v) is 4.41. The van der Waals surface area contributed by atoms with Crippen LogP contribution in [0.2, 0.25) is 5.02 Å². The molecule has 27 heavy (non-hydrogen) atoms. The fourth-order valence-corrected chi connectivity index (χ4v) is 2.73. The Kier molecular flexibility index (Phi) is 8.14. The van der Waals surface area contributed by atoms with Crippen LogP contribution in [-0.2, 0) is 16.1 Å². The molecule has 0 radical (unpaired) electrons. The topological polar surface area (TPSA) is 58.6 Å². The molecule has 0 aliphatic carbocycles. The summed E-state index contributed by atoms with van der Waals surface area (Å²) in [6.45, 7) is 4.41. The zero-order chi connectivity index (χ0) is 19.6. The number of halogens is 1. The number of benzene rings is 2. The van der Waals surface area contributed by atoms with E-state index in [-0.39, 0.29) is 18.4 Å². The van der Waals surface area contributed by atoms with Gasteiger partial charge in [0.2, 0.25) is 5.91 Å². The maximum atomic E-state index is 12.8. The highest BCUT2D eigenvalue weighted by molar-refractivity contribution is 6.32. The van der Waals surface area contributed by atoms with Gasteiger partial charge in [0.05, 0.1) is 5.02 Å². The van der Waals surface area contributed by atoms with E-state index in [1.807, 2.05) is 37.3 Å². The molecule has 2 rings (SSSR count). The van der Waals surface area contributed by atoms with Gasteiger partial charge in [0.15, 0.2) is 6.61 Å². The van der Waals surface area contributed by atoms with Crippen LogP contribution in [0.3, 0.4) is 0 Å². The molecule has 0 fully saturated rings. The Morgan fingerprint density at radius 3 is 2.44 bits per heavy atom. The van der Waals surface area contributed by atoms with Crippen molar-refractivity contribution in [3.8, 4) is 5.75 Å². The van der Waals surface area contributed by atoms with Crippen molar-refractivity contribution in [1.82, 2.24) is 10.2 Å². The number of amides is 2. The minimum atomic E-state index is -0.612. The predicted octanol–water partition coefficient (Wildman–Crippen LogP) is 3.66. The van der Waals surface area contributed by atoms with Crippen LogP contribution in [0.15, 0.2) is 54.6 Å². The first-order valence-corrected chi connectivity index (χ1v) is 9.39. The van der Waals surface area contributed by atoms with Crippen molar-refractivity contribution in [1.29, 1.82) is 0 Å². The summed E-state index contributed by atoms with van der Waals surface area (Å²) >= 11 is 6.07. The van der Waals surface area contributed by atoms with Crippen molar-refractivity contribution < 1.29 is 14.3 Å². The van der Waals surface area contributed by atoms with Gasteiger partial charge < -0.3 is 15.0 Å². The molecule has 1 N–H and O–H groups in total. The van der Waals surface area contributed by atoms with Gasteiger partial charge in [0.25, 0.3) is 5.91 Å². The molecular formula is C21H25ClN2O3. The minimum Gasteiger partial charge on any atom is -0.482 e. The van der Waals surface area contributed by atoms with Crippen molar-refractivity contribution >= 4 is 23.4 Å². The first-order chi connectivity index (χ1) is 13.0. The van der Waals surface area contributed by atoms with E-state index in [0.29, 0.717) is 23.9 Å². The molecule has 0 spiro atoms. The number of para-hydroxylation sites is 1. The monoisotopic (exact) mass is 388 g/mol. The minimum absolute atomic E-state index is 0.182. The second kappa shape index (κ2) is 10.6. The Bertz CT molecular complexity index is 752. The number of hydrogen-bond acceptors (Lipinski definition) is 3. The maximum Gasteiger partial charge on any atom is 0.261 e. The first kappa shape index (κ1) is 20.8. The summed E-state index contributed by atoms with van der Waals surface area (Å²) in [5.74, 6) is -0.0212. The Labute approximate surface area is 165 Å². The van der Waals surface area contributed by atoms with Crippen LogP contribution in [0.1, 0.15) is 25.8 Å². The summed E-state index contributed by atoms with van der Waals surface area (Å²) in [6.07, 6.45) is 0.834. The maximum absolute atomic E-state index is 12.8. The molecule has 0 saturated carbocycles. The molecule has 5 nitrogen and oxygen atoms in total. The van der Waals surface area contributed by atoms with Crippen LogP contribution in [0.5, 0.6) is 5.75 Å². The normalized spacial score (nSPS) is 11.5. The van der Waals surface area contributed by atoms with Gasteiger partial charge in [-0.15, -0.1) is 0 Å². The van der Waals surface area contributed by atoms with Crippen LogP contribution in [0.4, 0.5) is 0 Å². The standard InChI is InChI=1S/C21H25ClN2O3/c1-3-13-23-21(26)16(2)24(14-17-9-5-4-6-10-17)20(25)15-27-19-12-8-7-11-18(19)22/h4-12,16H,3,13-15H2,1-2H3,(H,23,26)/t16-/m0/s1. The fraction of sp³-hybridized carbons (Fsp3) is 0.333. The Morgan fingerprint density at radius 2 is 1.78 bits per heavy atom. The zero-order valence-electron chi connectivity index (χ0n) is 15.7. The average Bonchev–Trinajstić information content (AvgIpc) is 2.69. The number of hydrogen-bond donors (Lipinski definition) is 1. The van der Waals surface area contributed by atoms with E-state index in [9.17, 15) is 9.59 Å². The number of nitrogens with zero attached hydrogens (tertiary/aromatic N) is 1. The molecule has 144 valence electrons. The molecule has 0 bridgehead atoms. The molecule has 0 aliphatic rings. The fourth-order valence-electron chi connectivity index (χ4n) is 2.54. The largest absolute Gasteiger partial charge is 0.482 e. The Hall–Kier alpha value is -2.53. The van der Waals surface area contributed by atoms with Crippen LogP contribution >= 0.6 is 11.6 Å². The number of nitrogens with one attached hydrogen (secondary N) is 1. The highest BCUT2D eigenvalue weighted by atomic mass is 35.5. The lowest BCUT2D eigenvalue weighted by atomic mass is 10.1. The van der Waals surface area contributed by atoms with Gasteiger partial charge in [-0.25, -0.2) is 0 Å². The second-order valence-corrected chi connectivity index (χ2v) is 6.60. The highest BCUT2D eigenvalue weighted by Gasteiger charge is 2.26. The molecule has 2 aromatic carbocycles. The first-order valence-electron chi connectivity index (χ1n) is 9.01. The predicted molar refractivity (Wildman–Crippen MR) is 107 cm³/mol. The summed E-state index contributed by atoms with van der Waals surface area (Å²) in [5.41, 5.74) is 0.943. The molecule has 2 aromatic rings. The van der Waals surface area contributed by atoms with Crippen molar-refractivity contribution in [3.63, 3.8) is 0 Å². The SMILES string of the molecule is CCCNC(=O)[C@H](C)N(Cc1ccccc1)C(=O)COc1ccccc1Cl. The van der Waals surface area contributed by atoms with Gasteiger partial charge in [-0.2, -0.15) is 0 Å². The summed E-state index contributed by atoms with van der Waals surface area (Å²) in [6, 6.07) is 15.9. The third-order valence-electron chi connectivity index (χ3n) is 4.10. The van der Waals surface area contributed by atoms with Gasteiger partial charge in [-0.3, -0.25) is 9.59 Å². The van der Waals surface area contributed by atoms with Crippen LogP contribution in [0, 0.1) is 0 Å². The molecule has 1 atom stereocenters. The second-order valence-electron chi connectivity index (χ2n) is 6.19. The number of ether oxygens (including phenoxy) is 1. The molecule has 2 amide bonds. The van der Waals surface area contributed by atoms with E-state index in [0.717, 1.165) is 12.0 Å². The van der Waals surface area contributed by atoms with Crippen LogP contribution in [0.25, 0.3) is 0 Å². The number of carbonyl (C=O) groups excluding carboxylic acids is 2. The average molecular weight is 389 g/mol. The summed E-state index contributed by atoms with van der Waals surface area (Å²) < 4.78 is 5.57. The lowest BCUT2D eigenvalue weighted by Crippen LogP contribution is -2.49. The summed E-state index contributed by atoms with van der Waals surface area (Å²) in [4.78, 5) is 26.8. The molecular weight excluding hydrogens is 364 g/mol. The van der Waals surface area contributed by atoms with Crippen molar-refractivity contribution in [2.75, 3.05) is 13.2 Å². The van der Waals surface area contributed by atoms with Crippen molar-refractivity contribution in [3.05, 3.63) is 65.2 Å². The lowest BCUT2D eigenvalue weighted by molar-refractivity contribution is -0.142. The molecule has 0 aliphatic heterocycles.